The number of tetrazole rings is 1. The molecule has 0 saturated heterocycles. The topological polar surface area (TPSA) is 69.6 Å². The number of aromatic nitrogens is 4. The standard InChI is InChI=1S/C10H10BrF2N5/c1-5-7(2-6(11)3-8(5)14)10-15-16-17-18(10)4-9(12)13/h2-3,9H,4,14H2,1H3. The van der Waals surface area contributed by atoms with Gasteiger partial charge in [0.25, 0.3) is 6.43 Å². The number of halogens is 3. The summed E-state index contributed by atoms with van der Waals surface area (Å²) in [5.74, 6) is 0.279. The Morgan fingerprint density at radius 1 is 1.44 bits per heavy atom. The van der Waals surface area contributed by atoms with Gasteiger partial charge in [0.15, 0.2) is 5.82 Å². The highest BCUT2D eigenvalue weighted by Crippen LogP contribution is 2.29. The molecule has 2 N–H and O–H groups in total. The molecule has 8 heteroatoms. The summed E-state index contributed by atoms with van der Waals surface area (Å²) in [6.07, 6.45) is -2.52. The molecule has 2 rings (SSSR count). The van der Waals surface area contributed by atoms with Crippen molar-refractivity contribution in [3.05, 3.63) is 22.2 Å². The van der Waals surface area contributed by atoms with Crippen LogP contribution in [-0.2, 0) is 6.54 Å². The molecule has 0 aliphatic rings. The smallest absolute Gasteiger partial charge is 0.258 e. The third kappa shape index (κ3) is 2.47. The Balaban J connectivity index is 2.52. The maximum Gasteiger partial charge on any atom is 0.258 e. The fourth-order valence-electron chi connectivity index (χ4n) is 1.58. The van der Waals surface area contributed by atoms with Gasteiger partial charge in [-0.15, -0.1) is 5.10 Å². The van der Waals surface area contributed by atoms with Crippen molar-refractivity contribution >= 4 is 21.6 Å². The molecule has 0 unspecified atom stereocenters. The van der Waals surface area contributed by atoms with Gasteiger partial charge in [-0.05, 0) is 35.0 Å². The molecule has 0 amide bonds. The molecule has 1 heterocycles. The summed E-state index contributed by atoms with van der Waals surface area (Å²) in [4.78, 5) is 0. The molecule has 0 aliphatic carbocycles. The molecule has 18 heavy (non-hydrogen) atoms. The van der Waals surface area contributed by atoms with E-state index in [-0.39, 0.29) is 5.82 Å². The van der Waals surface area contributed by atoms with Crippen LogP contribution >= 0.6 is 15.9 Å². The lowest BCUT2D eigenvalue weighted by molar-refractivity contribution is 0.121. The van der Waals surface area contributed by atoms with Crippen molar-refractivity contribution in [3.8, 4) is 11.4 Å². The van der Waals surface area contributed by atoms with Crippen molar-refractivity contribution in [2.75, 3.05) is 5.73 Å². The van der Waals surface area contributed by atoms with E-state index >= 15 is 0 Å². The van der Waals surface area contributed by atoms with Crippen molar-refractivity contribution in [2.45, 2.75) is 19.9 Å². The van der Waals surface area contributed by atoms with E-state index < -0.39 is 13.0 Å². The normalized spacial score (nSPS) is 11.2. The lowest BCUT2D eigenvalue weighted by atomic mass is 10.1. The molecule has 5 nitrogen and oxygen atoms in total. The second-order valence-corrected chi connectivity index (χ2v) is 4.66. The van der Waals surface area contributed by atoms with Gasteiger partial charge >= 0.3 is 0 Å². The first-order valence-corrected chi connectivity index (χ1v) is 5.88. The Bertz CT molecular complexity index is 569. The van der Waals surface area contributed by atoms with Crippen molar-refractivity contribution < 1.29 is 8.78 Å². The van der Waals surface area contributed by atoms with Gasteiger partial charge in [0, 0.05) is 15.7 Å². The molecule has 1 aromatic heterocycles. The van der Waals surface area contributed by atoms with E-state index in [4.69, 9.17) is 5.73 Å². The monoisotopic (exact) mass is 317 g/mol. The lowest BCUT2D eigenvalue weighted by Gasteiger charge is -2.09. The summed E-state index contributed by atoms with van der Waals surface area (Å²) < 4.78 is 26.6. The second-order valence-electron chi connectivity index (χ2n) is 3.74. The zero-order valence-electron chi connectivity index (χ0n) is 9.44. The molecule has 96 valence electrons. The molecular formula is C10H10BrF2N5. The lowest BCUT2D eigenvalue weighted by Crippen LogP contribution is -2.10. The molecule has 1 aromatic carbocycles. The minimum atomic E-state index is -2.52. The number of rotatable bonds is 3. The quantitative estimate of drug-likeness (QED) is 0.881. The Hall–Kier alpha value is -1.57. The molecule has 0 fully saturated rings. The fraction of sp³-hybridized carbons (Fsp3) is 0.300. The highest BCUT2D eigenvalue weighted by atomic mass is 79.9. The number of alkyl halides is 2. The van der Waals surface area contributed by atoms with Crippen molar-refractivity contribution in [1.29, 1.82) is 0 Å². The van der Waals surface area contributed by atoms with E-state index in [0.717, 1.165) is 14.7 Å². The Labute approximate surface area is 110 Å². The van der Waals surface area contributed by atoms with Crippen LogP contribution < -0.4 is 5.73 Å². The first kappa shape index (κ1) is 12.9. The summed E-state index contributed by atoms with van der Waals surface area (Å²) in [6.45, 7) is 1.24. The Kier molecular flexibility index (Phi) is 3.55. The predicted molar refractivity (Wildman–Crippen MR) is 66.1 cm³/mol. The second kappa shape index (κ2) is 4.97. The van der Waals surface area contributed by atoms with Gasteiger partial charge < -0.3 is 5.73 Å². The summed E-state index contributed by atoms with van der Waals surface area (Å²) in [6, 6.07) is 3.49. The first-order chi connectivity index (χ1) is 8.49. The van der Waals surface area contributed by atoms with Gasteiger partial charge in [0.1, 0.15) is 6.54 Å². The molecule has 2 aromatic rings. The third-order valence-corrected chi connectivity index (χ3v) is 2.95. The zero-order valence-corrected chi connectivity index (χ0v) is 11.0. The molecule has 0 saturated carbocycles. The largest absolute Gasteiger partial charge is 0.398 e. The van der Waals surface area contributed by atoms with Crippen LogP contribution in [0.5, 0.6) is 0 Å². The predicted octanol–water partition coefficient (Wildman–Crippen LogP) is 2.26. The molecule has 0 atom stereocenters. The first-order valence-electron chi connectivity index (χ1n) is 5.09. The maximum absolute atomic E-state index is 12.4. The van der Waals surface area contributed by atoms with Crippen LogP contribution in [0.3, 0.4) is 0 Å². The van der Waals surface area contributed by atoms with Gasteiger partial charge in [0.05, 0.1) is 0 Å². The van der Waals surface area contributed by atoms with E-state index in [1.54, 1.807) is 19.1 Å². The molecule has 0 bridgehead atoms. The number of nitrogens with zero attached hydrogens (tertiary/aromatic N) is 4. The van der Waals surface area contributed by atoms with Crippen LogP contribution in [0.2, 0.25) is 0 Å². The van der Waals surface area contributed by atoms with Crippen LogP contribution in [0, 0.1) is 6.92 Å². The van der Waals surface area contributed by atoms with E-state index in [0.29, 0.717) is 11.3 Å². The average molecular weight is 318 g/mol. The van der Waals surface area contributed by atoms with Gasteiger partial charge in [-0.2, -0.15) is 0 Å². The van der Waals surface area contributed by atoms with Crippen LogP contribution in [0.1, 0.15) is 5.56 Å². The van der Waals surface area contributed by atoms with E-state index in [1.807, 2.05) is 0 Å². The number of benzene rings is 1. The molecule has 0 radical (unpaired) electrons. The van der Waals surface area contributed by atoms with Gasteiger partial charge in [-0.3, -0.25) is 0 Å². The molecule has 0 aliphatic heterocycles. The molecular weight excluding hydrogens is 308 g/mol. The highest BCUT2D eigenvalue weighted by Gasteiger charge is 2.16. The molecule has 0 spiro atoms. The maximum atomic E-state index is 12.4. The SMILES string of the molecule is Cc1c(N)cc(Br)cc1-c1nnnn1CC(F)F. The number of hydrogen-bond acceptors (Lipinski definition) is 4. The average Bonchev–Trinajstić information content (AvgIpc) is 2.70. The van der Waals surface area contributed by atoms with Crippen LogP contribution in [0.4, 0.5) is 14.5 Å². The van der Waals surface area contributed by atoms with Crippen LogP contribution in [-0.4, -0.2) is 26.6 Å². The van der Waals surface area contributed by atoms with Gasteiger partial charge in [0.2, 0.25) is 0 Å². The van der Waals surface area contributed by atoms with Crippen LogP contribution in [0.15, 0.2) is 16.6 Å². The Morgan fingerprint density at radius 3 is 2.83 bits per heavy atom. The number of anilines is 1. The summed E-state index contributed by atoms with van der Waals surface area (Å²) in [5.41, 5.74) is 7.76. The van der Waals surface area contributed by atoms with Crippen molar-refractivity contribution in [3.63, 3.8) is 0 Å². The van der Waals surface area contributed by atoms with Crippen LogP contribution in [0.25, 0.3) is 11.4 Å². The van der Waals surface area contributed by atoms with E-state index in [9.17, 15) is 8.78 Å². The van der Waals surface area contributed by atoms with Gasteiger partial charge in [-0.25, -0.2) is 13.5 Å². The summed E-state index contributed by atoms with van der Waals surface area (Å²) in [5, 5.41) is 10.8. The summed E-state index contributed by atoms with van der Waals surface area (Å²) >= 11 is 3.30. The van der Waals surface area contributed by atoms with Crippen molar-refractivity contribution in [2.24, 2.45) is 0 Å². The van der Waals surface area contributed by atoms with E-state index in [2.05, 4.69) is 31.5 Å². The minimum absolute atomic E-state index is 0.279. The zero-order chi connectivity index (χ0) is 13.3. The van der Waals surface area contributed by atoms with Gasteiger partial charge in [-0.1, -0.05) is 15.9 Å². The number of nitrogens with two attached hydrogens (primary N) is 1. The third-order valence-electron chi connectivity index (χ3n) is 2.50. The van der Waals surface area contributed by atoms with E-state index in [1.165, 1.54) is 0 Å². The Morgan fingerprint density at radius 2 is 2.17 bits per heavy atom. The fourth-order valence-corrected chi connectivity index (χ4v) is 2.06. The number of nitrogen functional groups attached to an aromatic ring is 1. The van der Waals surface area contributed by atoms with Crippen molar-refractivity contribution in [1.82, 2.24) is 20.2 Å². The highest BCUT2D eigenvalue weighted by molar-refractivity contribution is 9.10. The summed E-state index contributed by atoms with van der Waals surface area (Å²) in [7, 11) is 0. The minimum Gasteiger partial charge on any atom is -0.398 e. The number of hydrogen-bond donors (Lipinski definition) is 1.